The average Bonchev–Trinajstić information content (AvgIpc) is 3.39. The molecule has 0 saturated heterocycles. The van der Waals surface area contributed by atoms with Crippen LogP contribution in [0.25, 0.3) is 99.7 Å². The fourth-order valence-corrected chi connectivity index (χ4v) is 8.35. The maximum Gasteiger partial charge on any atom is 0.0497 e. The molecular formula is C50H35N. The number of benzene rings is 8. The first-order valence-electron chi connectivity index (χ1n) is 17.8. The van der Waals surface area contributed by atoms with Gasteiger partial charge in [0, 0.05) is 28.4 Å². The molecule has 0 amide bonds. The molecule has 0 fully saturated rings. The van der Waals surface area contributed by atoms with Crippen molar-refractivity contribution in [2.24, 2.45) is 0 Å². The Labute approximate surface area is 297 Å². The molecule has 0 radical (unpaired) electrons. The lowest BCUT2D eigenvalue weighted by molar-refractivity contribution is 0.827. The van der Waals surface area contributed by atoms with E-state index in [0.29, 0.717) is 0 Å². The Morgan fingerprint density at radius 2 is 0.922 bits per heavy atom. The Balaban J connectivity index is 1.22. The molecule has 0 unspecified atom stereocenters. The molecule has 0 N–H and O–H groups in total. The van der Waals surface area contributed by atoms with Gasteiger partial charge in [0.25, 0.3) is 0 Å². The SMILES string of the molecule is C=C1C=Cc2ccc(-c3ccc(-c4ccc5c6ccccc6c6ccccc6c5c4)c(-c4ccc5c6ccccc6n(CC)c5c4)c3)cc2C=C1. The zero-order valence-electron chi connectivity index (χ0n) is 28.5. The number of hydrogen-bond donors (Lipinski definition) is 0. The molecule has 0 spiro atoms. The van der Waals surface area contributed by atoms with Gasteiger partial charge in [0.1, 0.15) is 0 Å². The first kappa shape index (κ1) is 29.5. The zero-order valence-corrected chi connectivity index (χ0v) is 28.5. The van der Waals surface area contributed by atoms with Gasteiger partial charge in [-0.25, -0.2) is 0 Å². The summed E-state index contributed by atoms with van der Waals surface area (Å²) in [5.74, 6) is 0. The molecule has 1 heterocycles. The summed E-state index contributed by atoms with van der Waals surface area (Å²) in [5.41, 5.74) is 13.3. The predicted octanol–water partition coefficient (Wildman–Crippen LogP) is 13.9. The van der Waals surface area contributed by atoms with Crippen LogP contribution in [-0.2, 0) is 6.54 Å². The van der Waals surface area contributed by atoms with E-state index in [-0.39, 0.29) is 0 Å². The smallest absolute Gasteiger partial charge is 0.0497 e. The lowest BCUT2D eigenvalue weighted by Crippen LogP contribution is -1.94. The predicted molar refractivity (Wildman–Crippen MR) is 221 cm³/mol. The third kappa shape index (κ3) is 4.70. The Morgan fingerprint density at radius 3 is 1.65 bits per heavy atom. The highest BCUT2D eigenvalue weighted by Crippen LogP contribution is 2.42. The van der Waals surface area contributed by atoms with Gasteiger partial charge in [-0.1, -0.05) is 146 Å². The molecule has 0 aliphatic heterocycles. The maximum absolute atomic E-state index is 4.14. The van der Waals surface area contributed by atoms with E-state index in [1.54, 1.807) is 0 Å². The van der Waals surface area contributed by atoms with E-state index in [1.165, 1.54) is 98.6 Å². The van der Waals surface area contributed by atoms with Gasteiger partial charge in [-0.15, -0.1) is 0 Å². The van der Waals surface area contributed by atoms with Gasteiger partial charge in [0.05, 0.1) is 0 Å². The van der Waals surface area contributed by atoms with Crippen LogP contribution in [0.1, 0.15) is 18.1 Å². The van der Waals surface area contributed by atoms with Crippen molar-refractivity contribution >= 4 is 66.3 Å². The molecule has 1 heteroatoms. The van der Waals surface area contributed by atoms with Gasteiger partial charge in [0.2, 0.25) is 0 Å². The molecule has 0 bridgehead atoms. The van der Waals surface area contributed by atoms with Crippen molar-refractivity contribution in [3.63, 3.8) is 0 Å². The molecule has 8 aromatic carbocycles. The van der Waals surface area contributed by atoms with E-state index in [9.17, 15) is 0 Å². The minimum atomic E-state index is 0.912. The summed E-state index contributed by atoms with van der Waals surface area (Å²) in [6.45, 7) is 7.30. The number of allylic oxidation sites excluding steroid dienone is 3. The molecule has 1 aliphatic carbocycles. The second-order valence-corrected chi connectivity index (χ2v) is 13.7. The second kappa shape index (κ2) is 11.6. The van der Waals surface area contributed by atoms with Gasteiger partial charge in [0.15, 0.2) is 0 Å². The van der Waals surface area contributed by atoms with Crippen LogP contribution >= 0.6 is 0 Å². The van der Waals surface area contributed by atoms with E-state index < -0.39 is 0 Å². The number of aromatic nitrogens is 1. The van der Waals surface area contributed by atoms with Crippen molar-refractivity contribution in [3.8, 4) is 33.4 Å². The highest BCUT2D eigenvalue weighted by atomic mass is 15.0. The molecule has 1 nitrogen and oxygen atoms in total. The number of rotatable bonds is 4. The molecule has 51 heavy (non-hydrogen) atoms. The number of hydrogen-bond acceptors (Lipinski definition) is 0. The summed E-state index contributed by atoms with van der Waals surface area (Å²) >= 11 is 0. The Kier molecular flexibility index (Phi) is 6.69. The normalized spacial score (nSPS) is 12.8. The van der Waals surface area contributed by atoms with Crippen LogP contribution in [0, 0.1) is 0 Å². The molecule has 1 aromatic heterocycles. The molecule has 0 saturated carbocycles. The maximum atomic E-state index is 4.14. The number of aryl methyl sites for hydroxylation is 1. The van der Waals surface area contributed by atoms with Crippen LogP contribution in [0.5, 0.6) is 0 Å². The lowest BCUT2D eigenvalue weighted by atomic mass is 9.88. The molecule has 10 rings (SSSR count). The summed E-state index contributed by atoms with van der Waals surface area (Å²) in [6.07, 6.45) is 8.51. The van der Waals surface area contributed by atoms with E-state index in [2.05, 4.69) is 188 Å². The highest BCUT2D eigenvalue weighted by Gasteiger charge is 2.16. The van der Waals surface area contributed by atoms with Crippen molar-refractivity contribution in [2.45, 2.75) is 13.5 Å². The molecule has 0 atom stereocenters. The minimum Gasteiger partial charge on any atom is -0.341 e. The second-order valence-electron chi connectivity index (χ2n) is 13.7. The fraction of sp³-hybridized carbons (Fsp3) is 0.0400. The number of para-hydroxylation sites is 1. The van der Waals surface area contributed by atoms with Crippen LogP contribution in [0.2, 0.25) is 0 Å². The van der Waals surface area contributed by atoms with Crippen molar-refractivity contribution < 1.29 is 0 Å². The van der Waals surface area contributed by atoms with Gasteiger partial charge < -0.3 is 4.57 Å². The summed E-state index contributed by atoms with van der Waals surface area (Å²) in [5, 5.41) is 10.3. The van der Waals surface area contributed by atoms with E-state index >= 15 is 0 Å². The molecular weight excluding hydrogens is 615 g/mol. The first-order chi connectivity index (χ1) is 25.1. The summed E-state index contributed by atoms with van der Waals surface area (Å²) in [7, 11) is 0. The molecule has 9 aromatic rings. The Hall–Kier alpha value is -6.44. The van der Waals surface area contributed by atoms with Crippen molar-refractivity contribution in [1.82, 2.24) is 4.57 Å². The topological polar surface area (TPSA) is 4.93 Å². The van der Waals surface area contributed by atoms with Gasteiger partial charge >= 0.3 is 0 Å². The van der Waals surface area contributed by atoms with Crippen LogP contribution in [0.3, 0.4) is 0 Å². The quantitative estimate of drug-likeness (QED) is 0.167. The third-order valence-corrected chi connectivity index (χ3v) is 10.8. The van der Waals surface area contributed by atoms with E-state index in [0.717, 1.165) is 12.1 Å². The minimum absolute atomic E-state index is 0.912. The Bertz CT molecular complexity index is 2930. The van der Waals surface area contributed by atoms with Crippen LogP contribution < -0.4 is 0 Å². The highest BCUT2D eigenvalue weighted by molar-refractivity contribution is 6.26. The van der Waals surface area contributed by atoms with Crippen molar-refractivity contribution in [2.75, 3.05) is 0 Å². The summed E-state index contributed by atoms with van der Waals surface area (Å²) in [4.78, 5) is 0. The fourth-order valence-electron chi connectivity index (χ4n) is 8.35. The first-order valence-corrected chi connectivity index (χ1v) is 17.8. The average molecular weight is 650 g/mol. The van der Waals surface area contributed by atoms with Crippen molar-refractivity contribution in [3.05, 3.63) is 181 Å². The number of nitrogens with zero attached hydrogens (tertiary/aromatic N) is 1. The van der Waals surface area contributed by atoms with E-state index in [4.69, 9.17) is 0 Å². The number of fused-ring (bicyclic) bond motifs is 10. The summed E-state index contributed by atoms with van der Waals surface area (Å²) in [6, 6.07) is 54.3. The van der Waals surface area contributed by atoms with Crippen molar-refractivity contribution in [1.29, 1.82) is 0 Å². The van der Waals surface area contributed by atoms with Gasteiger partial charge in [-0.3, -0.25) is 0 Å². The van der Waals surface area contributed by atoms with Gasteiger partial charge in [-0.05, 0) is 120 Å². The van der Waals surface area contributed by atoms with Crippen LogP contribution in [0.15, 0.2) is 170 Å². The Morgan fingerprint density at radius 1 is 0.392 bits per heavy atom. The monoisotopic (exact) mass is 649 g/mol. The van der Waals surface area contributed by atoms with Gasteiger partial charge in [-0.2, -0.15) is 0 Å². The zero-order chi connectivity index (χ0) is 34.1. The standard InChI is InChI=1S/C50H35N/c1-3-51-49-15-9-8-14-45(49)46-27-24-38(31-50(46)51)47-29-36(35-21-20-33-18-16-32(2)17-19-34(33)28-35)22-25-39(47)37-23-26-44-42-12-5-4-10-40(42)41-11-6-7-13-43(41)48(44)30-37/h4-31H,2-3H2,1H3. The molecule has 240 valence electrons. The summed E-state index contributed by atoms with van der Waals surface area (Å²) < 4.78 is 2.45. The third-order valence-electron chi connectivity index (χ3n) is 10.8. The molecule has 1 aliphatic rings. The van der Waals surface area contributed by atoms with Crippen LogP contribution in [0.4, 0.5) is 0 Å². The largest absolute Gasteiger partial charge is 0.341 e. The lowest BCUT2D eigenvalue weighted by Gasteiger charge is -2.16. The van der Waals surface area contributed by atoms with Crippen LogP contribution in [-0.4, -0.2) is 4.57 Å². The van der Waals surface area contributed by atoms with E-state index in [1.807, 2.05) is 0 Å².